The van der Waals surface area contributed by atoms with Crippen LogP contribution in [-0.2, 0) is 22.7 Å². The summed E-state index contributed by atoms with van der Waals surface area (Å²) in [6.07, 6.45) is 3.40. The molecule has 1 unspecified atom stereocenters. The number of benzene rings is 1. The molecule has 4 aromatic rings. The molecule has 0 spiro atoms. The van der Waals surface area contributed by atoms with Gasteiger partial charge in [-0.3, -0.25) is 14.6 Å². The van der Waals surface area contributed by atoms with E-state index in [-0.39, 0.29) is 12.0 Å². The van der Waals surface area contributed by atoms with Crippen LogP contribution in [-0.4, -0.2) is 75.5 Å². The minimum absolute atomic E-state index is 0.188. The Balaban J connectivity index is 1.16. The smallest absolute Gasteiger partial charge is 0.319 e. The van der Waals surface area contributed by atoms with Crippen LogP contribution in [0.2, 0.25) is 0 Å². The second kappa shape index (κ2) is 11.7. The van der Waals surface area contributed by atoms with Crippen LogP contribution in [0.3, 0.4) is 0 Å². The monoisotopic (exact) mass is 519 g/mol. The third-order valence-corrected chi connectivity index (χ3v) is 7.30. The van der Waals surface area contributed by atoms with E-state index in [4.69, 9.17) is 15.2 Å². The summed E-state index contributed by atoms with van der Waals surface area (Å²) in [6, 6.07) is 13.7. The van der Waals surface area contributed by atoms with Gasteiger partial charge in [-0.25, -0.2) is 15.0 Å². The molecule has 0 saturated carbocycles. The van der Waals surface area contributed by atoms with E-state index in [1.165, 1.54) is 24.0 Å². The lowest BCUT2D eigenvalue weighted by atomic mass is 10.1. The quantitative estimate of drug-likeness (QED) is 0.330. The second-order valence-corrected chi connectivity index (χ2v) is 9.87. The van der Waals surface area contributed by atoms with Crippen LogP contribution >= 0.6 is 11.3 Å². The molecule has 10 nitrogen and oxygen atoms in total. The zero-order valence-electron chi connectivity index (χ0n) is 20.6. The van der Waals surface area contributed by atoms with E-state index in [0.29, 0.717) is 18.8 Å². The number of aromatic nitrogens is 4. The van der Waals surface area contributed by atoms with E-state index in [1.54, 1.807) is 18.5 Å². The van der Waals surface area contributed by atoms with Crippen molar-refractivity contribution >= 4 is 27.7 Å². The molecule has 0 bridgehead atoms. The van der Waals surface area contributed by atoms with Gasteiger partial charge in [-0.05, 0) is 29.3 Å². The van der Waals surface area contributed by atoms with E-state index in [0.717, 1.165) is 53.6 Å². The Morgan fingerprint density at radius 1 is 1.03 bits per heavy atom. The van der Waals surface area contributed by atoms with Crippen molar-refractivity contribution in [1.82, 2.24) is 29.7 Å². The number of carbonyl (C=O) groups is 1. The number of piperazine rings is 1. The Bertz CT molecular complexity index is 1320. The van der Waals surface area contributed by atoms with Gasteiger partial charge in [-0.2, -0.15) is 4.98 Å². The first-order valence-electron chi connectivity index (χ1n) is 12.1. The summed E-state index contributed by atoms with van der Waals surface area (Å²) in [5.74, 6) is -0.188. The lowest BCUT2D eigenvalue weighted by Gasteiger charge is -2.34. The minimum atomic E-state index is -0.485. The molecule has 37 heavy (non-hydrogen) atoms. The maximum absolute atomic E-state index is 11.5. The number of nitrogens with two attached hydrogens (primary N) is 1. The van der Waals surface area contributed by atoms with Crippen molar-refractivity contribution in [2.75, 3.05) is 39.8 Å². The van der Waals surface area contributed by atoms with Crippen LogP contribution in [0, 0.1) is 0 Å². The fourth-order valence-corrected chi connectivity index (χ4v) is 5.14. The molecule has 1 atom stereocenters. The number of esters is 1. The SMILES string of the molecule is COC(=O)CN1CCN(Cc2cccc(COc3nccc(C(N)c4nc5cccnc5s4)n3)c2)CC1. The van der Waals surface area contributed by atoms with Gasteiger partial charge in [0.1, 0.15) is 28.0 Å². The van der Waals surface area contributed by atoms with Gasteiger partial charge in [0.25, 0.3) is 0 Å². The number of rotatable bonds is 9. The van der Waals surface area contributed by atoms with Crippen molar-refractivity contribution in [1.29, 1.82) is 0 Å². The molecule has 1 saturated heterocycles. The highest BCUT2D eigenvalue weighted by Crippen LogP contribution is 2.27. The molecular weight excluding hydrogens is 490 g/mol. The number of ether oxygens (including phenoxy) is 2. The molecule has 0 amide bonds. The zero-order chi connectivity index (χ0) is 25.6. The van der Waals surface area contributed by atoms with E-state index in [2.05, 4.69) is 41.9 Å². The Morgan fingerprint density at radius 3 is 2.65 bits per heavy atom. The molecule has 1 fully saturated rings. The largest absolute Gasteiger partial charge is 0.468 e. The lowest BCUT2D eigenvalue weighted by molar-refractivity contribution is -0.142. The number of methoxy groups -OCH3 is 1. The van der Waals surface area contributed by atoms with Crippen LogP contribution in [0.1, 0.15) is 27.9 Å². The van der Waals surface area contributed by atoms with Crippen molar-refractivity contribution in [3.8, 4) is 6.01 Å². The van der Waals surface area contributed by atoms with Gasteiger partial charge in [0.05, 0.1) is 19.3 Å². The van der Waals surface area contributed by atoms with Gasteiger partial charge in [-0.15, -0.1) is 0 Å². The molecule has 2 N–H and O–H groups in total. The molecule has 1 aliphatic heterocycles. The summed E-state index contributed by atoms with van der Waals surface area (Å²) in [5, 5.41) is 0.747. The van der Waals surface area contributed by atoms with Gasteiger partial charge < -0.3 is 15.2 Å². The molecule has 192 valence electrons. The molecular formula is C26H29N7O3S. The van der Waals surface area contributed by atoms with E-state index in [1.807, 2.05) is 24.3 Å². The molecule has 0 radical (unpaired) electrons. The number of pyridine rings is 1. The number of thiazole rings is 1. The maximum Gasteiger partial charge on any atom is 0.319 e. The highest BCUT2D eigenvalue weighted by Gasteiger charge is 2.20. The zero-order valence-corrected chi connectivity index (χ0v) is 21.4. The molecule has 4 heterocycles. The maximum atomic E-state index is 11.5. The van der Waals surface area contributed by atoms with Gasteiger partial charge >= 0.3 is 12.0 Å². The summed E-state index contributed by atoms with van der Waals surface area (Å²) in [4.78, 5) is 34.6. The van der Waals surface area contributed by atoms with Gasteiger partial charge in [0.15, 0.2) is 0 Å². The molecule has 1 aromatic carbocycles. The van der Waals surface area contributed by atoms with Gasteiger partial charge in [0.2, 0.25) is 0 Å². The van der Waals surface area contributed by atoms with Crippen molar-refractivity contribution in [3.63, 3.8) is 0 Å². The third-order valence-electron chi connectivity index (χ3n) is 6.23. The minimum Gasteiger partial charge on any atom is -0.468 e. The first-order chi connectivity index (χ1) is 18.1. The standard InChI is InChI=1S/C26H29N7O3S/c1-35-22(34)16-33-12-10-32(11-13-33)15-18-4-2-5-19(14-18)17-36-26-29-9-7-20(31-26)23(27)25-30-21-6-3-8-28-24(21)37-25/h2-9,14,23H,10-13,15-17,27H2,1H3. The first-order valence-corrected chi connectivity index (χ1v) is 12.9. The summed E-state index contributed by atoms with van der Waals surface area (Å²) in [7, 11) is 1.43. The summed E-state index contributed by atoms with van der Waals surface area (Å²) in [6.45, 7) is 5.06. The number of nitrogens with zero attached hydrogens (tertiary/aromatic N) is 6. The molecule has 3 aromatic heterocycles. The number of fused-ring (bicyclic) bond motifs is 1. The molecule has 11 heteroatoms. The van der Waals surface area contributed by atoms with Crippen LogP contribution < -0.4 is 10.5 Å². The average molecular weight is 520 g/mol. The number of carbonyl (C=O) groups excluding carboxylic acids is 1. The van der Waals surface area contributed by atoms with E-state index in [9.17, 15) is 4.79 Å². The van der Waals surface area contributed by atoms with Crippen molar-refractivity contribution in [2.45, 2.75) is 19.2 Å². The van der Waals surface area contributed by atoms with Gasteiger partial charge in [0, 0.05) is 45.1 Å². The average Bonchev–Trinajstić information content (AvgIpc) is 3.37. The summed E-state index contributed by atoms with van der Waals surface area (Å²) in [5.41, 5.74) is 10.2. The Hall–Kier alpha value is -3.51. The normalized spacial score (nSPS) is 15.5. The summed E-state index contributed by atoms with van der Waals surface area (Å²) < 4.78 is 10.7. The fraction of sp³-hybridized carbons (Fsp3) is 0.346. The number of hydrogen-bond acceptors (Lipinski definition) is 11. The Labute approximate surface area is 219 Å². The van der Waals surface area contributed by atoms with Crippen LogP contribution in [0.5, 0.6) is 6.01 Å². The topological polar surface area (TPSA) is 120 Å². The number of hydrogen-bond donors (Lipinski definition) is 1. The third kappa shape index (κ3) is 6.44. The Morgan fingerprint density at radius 2 is 1.84 bits per heavy atom. The van der Waals surface area contributed by atoms with Crippen LogP contribution in [0.4, 0.5) is 0 Å². The highest BCUT2D eigenvalue weighted by atomic mass is 32.1. The van der Waals surface area contributed by atoms with Gasteiger partial charge in [-0.1, -0.05) is 35.6 Å². The van der Waals surface area contributed by atoms with Crippen molar-refractivity contribution in [2.24, 2.45) is 5.73 Å². The van der Waals surface area contributed by atoms with E-state index >= 15 is 0 Å². The molecule has 1 aliphatic rings. The van der Waals surface area contributed by atoms with E-state index < -0.39 is 6.04 Å². The second-order valence-electron chi connectivity index (χ2n) is 8.86. The van der Waals surface area contributed by atoms with Crippen molar-refractivity contribution in [3.05, 3.63) is 76.7 Å². The predicted octanol–water partition coefficient (Wildman–Crippen LogP) is 2.40. The summed E-state index contributed by atoms with van der Waals surface area (Å²) >= 11 is 1.46. The fourth-order valence-electron chi connectivity index (χ4n) is 4.22. The first kappa shape index (κ1) is 25.2. The Kier molecular flexibility index (Phi) is 7.95. The predicted molar refractivity (Wildman–Crippen MR) is 140 cm³/mol. The van der Waals surface area contributed by atoms with Crippen molar-refractivity contribution < 1.29 is 14.3 Å². The highest BCUT2D eigenvalue weighted by molar-refractivity contribution is 7.18. The molecule has 0 aliphatic carbocycles. The lowest BCUT2D eigenvalue weighted by Crippen LogP contribution is -2.47. The van der Waals surface area contributed by atoms with Crippen LogP contribution in [0.25, 0.3) is 10.3 Å². The van der Waals surface area contributed by atoms with Crippen LogP contribution in [0.15, 0.2) is 54.9 Å². The molecule has 5 rings (SSSR count).